The van der Waals surface area contributed by atoms with Crippen LogP contribution in [-0.4, -0.2) is 49.9 Å². The standard InChI is InChI=1S/C9H9IN2O4S/c10-1-4-2-17-8-5(11-3-13)7(14)12(8)6(4)9(15)16/h3,5,8H,1-2H2,(H,11,13)(H,15,16)/t5?,8-/m1/s1. The number of carbonyl (C=O) groups excluding carboxylic acids is 2. The van der Waals surface area contributed by atoms with Gasteiger partial charge in [0.1, 0.15) is 17.1 Å². The molecule has 0 saturated carbocycles. The minimum Gasteiger partial charge on any atom is -0.477 e. The zero-order valence-electron chi connectivity index (χ0n) is 8.55. The maximum atomic E-state index is 11.8. The van der Waals surface area contributed by atoms with Gasteiger partial charge in [-0.1, -0.05) is 22.6 Å². The molecule has 0 radical (unpaired) electrons. The highest BCUT2D eigenvalue weighted by atomic mass is 127. The van der Waals surface area contributed by atoms with Crippen molar-refractivity contribution in [2.75, 3.05) is 10.2 Å². The van der Waals surface area contributed by atoms with Gasteiger partial charge in [-0.25, -0.2) is 4.79 Å². The molecule has 8 heteroatoms. The summed E-state index contributed by atoms with van der Waals surface area (Å²) in [6.45, 7) is 0. The molecule has 0 spiro atoms. The summed E-state index contributed by atoms with van der Waals surface area (Å²) < 4.78 is 0.578. The van der Waals surface area contributed by atoms with Crippen molar-refractivity contribution in [3.8, 4) is 0 Å². The van der Waals surface area contributed by atoms with Crippen molar-refractivity contribution in [2.45, 2.75) is 11.4 Å². The number of alkyl halides is 1. The first-order valence-corrected chi connectivity index (χ1v) is 7.35. The molecule has 2 heterocycles. The predicted octanol–water partition coefficient (Wildman–Crippen LogP) is -0.210. The third kappa shape index (κ3) is 1.92. The number of β-lactam (4-membered cyclic amide) rings is 1. The van der Waals surface area contributed by atoms with Crippen molar-refractivity contribution in [3.05, 3.63) is 11.3 Å². The molecule has 2 aliphatic rings. The van der Waals surface area contributed by atoms with E-state index in [2.05, 4.69) is 27.9 Å². The molecule has 0 aromatic carbocycles. The first kappa shape index (κ1) is 12.7. The number of carboxylic acid groups (broad SMARTS) is 1. The lowest BCUT2D eigenvalue weighted by Gasteiger charge is -2.49. The third-order valence-corrected chi connectivity index (χ3v) is 4.92. The van der Waals surface area contributed by atoms with Gasteiger partial charge < -0.3 is 10.4 Å². The Balaban J connectivity index is 2.29. The third-order valence-electron chi connectivity index (χ3n) is 2.66. The van der Waals surface area contributed by atoms with Crippen LogP contribution in [0.15, 0.2) is 11.3 Å². The number of halogens is 1. The molecule has 0 aliphatic carbocycles. The summed E-state index contributed by atoms with van der Waals surface area (Å²) >= 11 is 3.56. The zero-order valence-corrected chi connectivity index (χ0v) is 11.5. The highest BCUT2D eigenvalue weighted by molar-refractivity contribution is 14.1. The molecule has 0 bridgehead atoms. The second-order valence-electron chi connectivity index (χ2n) is 3.56. The van der Waals surface area contributed by atoms with Crippen LogP contribution in [0, 0.1) is 0 Å². The number of carboxylic acids is 1. The van der Waals surface area contributed by atoms with Crippen LogP contribution >= 0.6 is 34.4 Å². The molecule has 17 heavy (non-hydrogen) atoms. The number of thioether (sulfide) groups is 1. The average molecular weight is 368 g/mol. The van der Waals surface area contributed by atoms with Gasteiger partial charge >= 0.3 is 5.97 Å². The zero-order chi connectivity index (χ0) is 12.6. The molecule has 2 aliphatic heterocycles. The fraction of sp³-hybridized carbons (Fsp3) is 0.444. The van der Waals surface area contributed by atoms with Crippen molar-refractivity contribution in [1.82, 2.24) is 10.2 Å². The Morgan fingerprint density at radius 1 is 1.71 bits per heavy atom. The van der Waals surface area contributed by atoms with Gasteiger partial charge in [0, 0.05) is 10.2 Å². The minimum atomic E-state index is -1.08. The summed E-state index contributed by atoms with van der Waals surface area (Å²) in [7, 11) is 0. The van der Waals surface area contributed by atoms with Gasteiger partial charge in [0.2, 0.25) is 6.41 Å². The highest BCUT2D eigenvalue weighted by Crippen LogP contribution is 2.40. The van der Waals surface area contributed by atoms with Crippen LogP contribution in [-0.2, 0) is 14.4 Å². The van der Waals surface area contributed by atoms with E-state index in [0.29, 0.717) is 16.6 Å². The first-order valence-electron chi connectivity index (χ1n) is 4.77. The van der Waals surface area contributed by atoms with E-state index in [0.717, 1.165) is 5.57 Å². The van der Waals surface area contributed by atoms with Gasteiger partial charge in [-0.3, -0.25) is 14.5 Å². The van der Waals surface area contributed by atoms with Crippen molar-refractivity contribution in [3.63, 3.8) is 0 Å². The summed E-state index contributed by atoms with van der Waals surface area (Å²) in [5, 5.41) is 11.3. The number of amides is 2. The van der Waals surface area contributed by atoms with E-state index in [9.17, 15) is 14.4 Å². The molecular weight excluding hydrogens is 359 g/mol. The Hall–Kier alpha value is -0.770. The molecule has 0 aromatic rings. The van der Waals surface area contributed by atoms with Crippen LogP contribution in [0.25, 0.3) is 0 Å². The fourth-order valence-corrected chi connectivity index (χ4v) is 4.23. The number of carbonyl (C=O) groups is 3. The number of hydrogen-bond acceptors (Lipinski definition) is 4. The summed E-state index contributed by atoms with van der Waals surface area (Å²) in [5.74, 6) is -0.857. The van der Waals surface area contributed by atoms with Gasteiger partial charge in [-0.2, -0.15) is 0 Å². The Bertz CT molecular complexity index is 425. The first-order chi connectivity index (χ1) is 8.11. The maximum absolute atomic E-state index is 11.8. The lowest BCUT2D eigenvalue weighted by Crippen LogP contribution is -2.69. The van der Waals surface area contributed by atoms with E-state index in [4.69, 9.17) is 5.11 Å². The van der Waals surface area contributed by atoms with Crippen LogP contribution in [0.2, 0.25) is 0 Å². The average Bonchev–Trinajstić information content (AvgIpc) is 2.33. The fourth-order valence-electron chi connectivity index (χ4n) is 1.88. The van der Waals surface area contributed by atoms with Gasteiger partial charge in [-0.05, 0) is 5.57 Å². The van der Waals surface area contributed by atoms with Crippen molar-refractivity contribution >= 4 is 52.6 Å². The summed E-state index contributed by atoms with van der Waals surface area (Å²) in [6, 6.07) is -0.595. The smallest absolute Gasteiger partial charge is 0.352 e. The largest absolute Gasteiger partial charge is 0.477 e. The van der Waals surface area contributed by atoms with Crippen LogP contribution in [0.3, 0.4) is 0 Å². The summed E-state index contributed by atoms with van der Waals surface area (Å²) in [6.07, 6.45) is 0.471. The van der Waals surface area contributed by atoms with E-state index < -0.39 is 12.0 Å². The maximum Gasteiger partial charge on any atom is 0.352 e. The Morgan fingerprint density at radius 2 is 2.41 bits per heavy atom. The molecule has 1 saturated heterocycles. The Kier molecular flexibility index (Phi) is 3.61. The molecule has 6 nitrogen and oxygen atoms in total. The van der Waals surface area contributed by atoms with Gasteiger partial charge in [0.25, 0.3) is 5.91 Å². The molecule has 92 valence electrons. The van der Waals surface area contributed by atoms with Crippen LogP contribution in [0.5, 0.6) is 0 Å². The number of nitrogens with zero attached hydrogens (tertiary/aromatic N) is 1. The number of aliphatic carboxylic acids is 1. The second kappa shape index (κ2) is 4.84. The Labute approximate surface area is 115 Å². The van der Waals surface area contributed by atoms with Gasteiger partial charge in [0.15, 0.2) is 0 Å². The number of hydrogen-bond donors (Lipinski definition) is 2. The molecule has 2 amide bonds. The van der Waals surface area contributed by atoms with E-state index in [-0.39, 0.29) is 17.0 Å². The predicted molar refractivity (Wildman–Crippen MR) is 69.6 cm³/mol. The van der Waals surface area contributed by atoms with Crippen molar-refractivity contribution < 1.29 is 19.5 Å². The topological polar surface area (TPSA) is 86.7 Å². The van der Waals surface area contributed by atoms with Crippen LogP contribution in [0.4, 0.5) is 0 Å². The molecular formula is C9H9IN2O4S. The van der Waals surface area contributed by atoms with Crippen LogP contribution < -0.4 is 5.32 Å². The molecule has 2 atom stereocenters. The van der Waals surface area contributed by atoms with E-state index in [1.165, 1.54) is 16.7 Å². The quantitative estimate of drug-likeness (QED) is 0.310. The van der Waals surface area contributed by atoms with E-state index >= 15 is 0 Å². The minimum absolute atomic E-state index is 0.0806. The van der Waals surface area contributed by atoms with Gasteiger partial charge in [0.05, 0.1) is 0 Å². The normalized spacial score (nSPS) is 27.4. The second-order valence-corrected chi connectivity index (χ2v) is 5.43. The summed E-state index contributed by atoms with van der Waals surface area (Å²) in [4.78, 5) is 34.5. The van der Waals surface area contributed by atoms with Crippen LogP contribution in [0.1, 0.15) is 0 Å². The molecule has 1 fully saturated rings. The number of nitrogens with one attached hydrogen (secondary N) is 1. The number of fused-ring (bicyclic) bond motifs is 1. The van der Waals surface area contributed by atoms with E-state index in [1.54, 1.807) is 0 Å². The van der Waals surface area contributed by atoms with Crippen molar-refractivity contribution in [1.29, 1.82) is 0 Å². The lowest BCUT2D eigenvalue weighted by atomic mass is 10.0. The SMILES string of the molecule is O=CNC1C(=O)N2C(C(=O)O)=C(CI)CS[C@H]12. The monoisotopic (exact) mass is 368 g/mol. The Morgan fingerprint density at radius 3 is 2.94 bits per heavy atom. The highest BCUT2D eigenvalue weighted by Gasteiger charge is 2.53. The lowest BCUT2D eigenvalue weighted by molar-refractivity contribution is -0.149. The van der Waals surface area contributed by atoms with E-state index in [1.807, 2.05) is 0 Å². The summed E-state index contributed by atoms with van der Waals surface area (Å²) in [5.41, 5.74) is 0.828. The molecule has 2 rings (SSSR count). The molecule has 2 N–H and O–H groups in total. The molecule has 1 unspecified atom stereocenters. The van der Waals surface area contributed by atoms with Gasteiger partial charge in [-0.15, -0.1) is 11.8 Å². The number of rotatable bonds is 4. The molecule has 0 aromatic heterocycles. The van der Waals surface area contributed by atoms with Crippen molar-refractivity contribution in [2.24, 2.45) is 0 Å².